The first-order valence-electron chi connectivity index (χ1n) is 7.57. The number of amides is 1. The van der Waals surface area contributed by atoms with Crippen LogP contribution in [0.3, 0.4) is 0 Å². The molecule has 1 heterocycles. The van der Waals surface area contributed by atoms with Crippen molar-refractivity contribution in [2.75, 3.05) is 23.7 Å². The second-order valence-corrected chi connectivity index (χ2v) is 7.90. The van der Waals surface area contributed by atoms with Crippen molar-refractivity contribution in [1.82, 2.24) is 4.90 Å². The van der Waals surface area contributed by atoms with Gasteiger partial charge in [-0.15, -0.1) is 0 Å². The third-order valence-electron chi connectivity index (χ3n) is 4.23. The molecule has 1 fully saturated rings. The van der Waals surface area contributed by atoms with E-state index in [9.17, 15) is 13.2 Å². The van der Waals surface area contributed by atoms with Crippen LogP contribution in [0.5, 0.6) is 0 Å². The van der Waals surface area contributed by atoms with E-state index >= 15 is 0 Å². The van der Waals surface area contributed by atoms with Gasteiger partial charge in [0.2, 0.25) is 15.9 Å². The van der Waals surface area contributed by atoms with E-state index in [4.69, 9.17) is 0 Å². The van der Waals surface area contributed by atoms with E-state index in [1.165, 1.54) is 4.31 Å². The SMILES string of the molecule is Cc1ccc(N([C@H](C)C(=O)N2CCCC2)S(C)(=O)=O)cc1C. The molecule has 1 saturated heterocycles. The van der Waals surface area contributed by atoms with E-state index in [-0.39, 0.29) is 5.91 Å². The number of hydrogen-bond donors (Lipinski definition) is 0. The molecule has 0 aliphatic carbocycles. The number of likely N-dealkylation sites (tertiary alicyclic amines) is 1. The van der Waals surface area contributed by atoms with Crippen LogP contribution in [0.25, 0.3) is 0 Å². The van der Waals surface area contributed by atoms with Crippen LogP contribution in [0, 0.1) is 13.8 Å². The van der Waals surface area contributed by atoms with Crippen molar-refractivity contribution in [3.8, 4) is 0 Å². The van der Waals surface area contributed by atoms with Crippen molar-refractivity contribution in [2.24, 2.45) is 0 Å². The summed E-state index contributed by atoms with van der Waals surface area (Å²) in [6.07, 6.45) is 3.12. The van der Waals surface area contributed by atoms with Gasteiger partial charge in [0.15, 0.2) is 0 Å². The van der Waals surface area contributed by atoms with Gasteiger partial charge in [-0.2, -0.15) is 0 Å². The molecular formula is C16H24N2O3S. The Morgan fingerprint density at radius 3 is 2.27 bits per heavy atom. The highest BCUT2D eigenvalue weighted by Gasteiger charge is 2.33. The van der Waals surface area contributed by atoms with Gasteiger partial charge in [0.25, 0.3) is 0 Å². The Hall–Kier alpha value is -1.56. The molecule has 1 atom stereocenters. The highest BCUT2D eigenvalue weighted by Crippen LogP contribution is 2.25. The maximum atomic E-state index is 12.6. The molecule has 1 aliphatic rings. The zero-order valence-electron chi connectivity index (χ0n) is 13.7. The first kappa shape index (κ1) is 16.8. The van der Waals surface area contributed by atoms with Crippen molar-refractivity contribution >= 4 is 21.6 Å². The van der Waals surface area contributed by atoms with E-state index in [0.29, 0.717) is 18.8 Å². The molecule has 0 radical (unpaired) electrons. The number of nitrogens with zero attached hydrogens (tertiary/aromatic N) is 2. The minimum absolute atomic E-state index is 0.124. The molecule has 0 bridgehead atoms. The molecule has 0 saturated carbocycles. The fourth-order valence-electron chi connectivity index (χ4n) is 2.87. The van der Waals surface area contributed by atoms with Crippen LogP contribution in [-0.4, -0.2) is 44.6 Å². The number of hydrogen-bond acceptors (Lipinski definition) is 3. The Balaban J connectivity index is 2.37. The average molecular weight is 324 g/mol. The average Bonchev–Trinajstić information content (AvgIpc) is 2.94. The second kappa shape index (κ2) is 6.28. The highest BCUT2D eigenvalue weighted by molar-refractivity contribution is 7.92. The van der Waals surface area contributed by atoms with Crippen LogP contribution >= 0.6 is 0 Å². The maximum Gasteiger partial charge on any atom is 0.246 e. The third-order valence-corrected chi connectivity index (χ3v) is 5.47. The summed E-state index contributed by atoms with van der Waals surface area (Å²) in [4.78, 5) is 14.3. The fourth-order valence-corrected chi connectivity index (χ4v) is 4.03. The normalized spacial score (nSPS) is 16.6. The lowest BCUT2D eigenvalue weighted by atomic mass is 10.1. The van der Waals surface area contributed by atoms with E-state index < -0.39 is 16.1 Å². The summed E-state index contributed by atoms with van der Waals surface area (Å²) in [5, 5.41) is 0. The summed E-state index contributed by atoms with van der Waals surface area (Å²) in [5.74, 6) is -0.124. The number of rotatable bonds is 4. The second-order valence-electron chi connectivity index (χ2n) is 6.04. The smallest absolute Gasteiger partial charge is 0.246 e. The van der Waals surface area contributed by atoms with Gasteiger partial charge >= 0.3 is 0 Å². The first-order chi connectivity index (χ1) is 10.2. The Labute approximate surface area is 133 Å². The molecule has 0 aromatic heterocycles. The van der Waals surface area contributed by atoms with E-state index in [2.05, 4.69) is 0 Å². The summed E-state index contributed by atoms with van der Waals surface area (Å²) >= 11 is 0. The van der Waals surface area contributed by atoms with E-state index in [0.717, 1.165) is 30.2 Å². The van der Waals surface area contributed by atoms with Gasteiger partial charge in [-0.3, -0.25) is 9.10 Å². The van der Waals surface area contributed by atoms with Crippen molar-refractivity contribution in [3.63, 3.8) is 0 Å². The van der Waals surface area contributed by atoms with Gasteiger partial charge in [0.1, 0.15) is 6.04 Å². The monoisotopic (exact) mass is 324 g/mol. The molecular weight excluding hydrogens is 300 g/mol. The molecule has 1 amide bonds. The van der Waals surface area contributed by atoms with Crippen LogP contribution in [-0.2, 0) is 14.8 Å². The van der Waals surface area contributed by atoms with Gasteiger partial charge in [0, 0.05) is 13.1 Å². The number of aryl methyl sites for hydroxylation is 2. The lowest BCUT2D eigenvalue weighted by Crippen LogP contribution is -2.48. The number of benzene rings is 1. The third kappa shape index (κ3) is 3.43. The Bertz CT molecular complexity index is 664. The summed E-state index contributed by atoms with van der Waals surface area (Å²) in [7, 11) is -3.54. The molecule has 2 rings (SSSR count). The number of carbonyl (C=O) groups is 1. The minimum atomic E-state index is -3.54. The summed E-state index contributed by atoms with van der Waals surface area (Å²) in [6, 6.07) is 4.74. The minimum Gasteiger partial charge on any atom is -0.341 e. The predicted molar refractivity (Wildman–Crippen MR) is 88.5 cm³/mol. The topological polar surface area (TPSA) is 57.7 Å². The summed E-state index contributed by atoms with van der Waals surface area (Å²) in [6.45, 7) is 7.01. The van der Waals surface area contributed by atoms with Crippen LogP contribution in [0.4, 0.5) is 5.69 Å². The molecule has 5 nitrogen and oxygen atoms in total. The van der Waals surface area contributed by atoms with Gasteiger partial charge in [0.05, 0.1) is 11.9 Å². The summed E-state index contributed by atoms with van der Waals surface area (Å²) in [5.41, 5.74) is 2.65. The molecule has 22 heavy (non-hydrogen) atoms. The predicted octanol–water partition coefficient (Wildman–Crippen LogP) is 2.08. The molecule has 0 unspecified atom stereocenters. The Morgan fingerprint density at radius 1 is 1.18 bits per heavy atom. The summed E-state index contributed by atoms with van der Waals surface area (Å²) < 4.78 is 25.7. The maximum absolute atomic E-state index is 12.6. The van der Waals surface area contributed by atoms with Crippen LogP contribution in [0.15, 0.2) is 18.2 Å². The highest BCUT2D eigenvalue weighted by atomic mass is 32.2. The number of carbonyl (C=O) groups excluding carboxylic acids is 1. The zero-order chi connectivity index (χ0) is 16.5. The zero-order valence-corrected chi connectivity index (χ0v) is 14.5. The van der Waals surface area contributed by atoms with Gasteiger partial charge < -0.3 is 4.90 Å². The van der Waals surface area contributed by atoms with Gasteiger partial charge in [-0.25, -0.2) is 8.42 Å². The molecule has 6 heteroatoms. The molecule has 1 aromatic rings. The van der Waals surface area contributed by atoms with Gasteiger partial charge in [-0.05, 0) is 56.9 Å². The molecule has 1 aliphatic heterocycles. The molecule has 0 spiro atoms. The fraction of sp³-hybridized carbons (Fsp3) is 0.562. The first-order valence-corrected chi connectivity index (χ1v) is 9.42. The van der Waals surface area contributed by atoms with Crippen molar-refractivity contribution < 1.29 is 13.2 Å². The van der Waals surface area contributed by atoms with Crippen LogP contribution in [0.1, 0.15) is 30.9 Å². The Morgan fingerprint density at radius 2 is 1.77 bits per heavy atom. The molecule has 0 N–H and O–H groups in total. The largest absolute Gasteiger partial charge is 0.341 e. The molecule has 1 aromatic carbocycles. The standard InChI is InChI=1S/C16H24N2O3S/c1-12-7-8-15(11-13(12)2)18(22(4,20)21)14(3)16(19)17-9-5-6-10-17/h7-8,11,14H,5-6,9-10H2,1-4H3/t14-/m1/s1. The number of anilines is 1. The van der Waals surface area contributed by atoms with Crippen molar-refractivity contribution in [2.45, 2.75) is 39.7 Å². The Kier molecular flexibility index (Phi) is 4.80. The van der Waals surface area contributed by atoms with Crippen molar-refractivity contribution in [1.29, 1.82) is 0 Å². The van der Waals surface area contributed by atoms with Gasteiger partial charge in [-0.1, -0.05) is 6.07 Å². The lowest BCUT2D eigenvalue weighted by molar-refractivity contribution is -0.130. The van der Waals surface area contributed by atoms with E-state index in [1.54, 1.807) is 17.9 Å². The van der Waals surface area contributed by atoms with Crippen LogP contribution in [0.2, 0.25) is 0 Å². The van der Waals surface area contributed by atoms with E-state index in [1.807, 2.05) is 26.0 Å². The lowest BCUT2D eigenvalue weighted by Gasteiger charge is -2.31. The molecule has 122 valence electrons. The van der Waals surface area contributed by atoms with Crippen LogP contribution < -0.4 is 4.31 Å². The van der Waals surface area contributed by atoms with Crippen molar-refractivity contribution in [3.05, 3.63) is 29.3 Å². The quantitative estimate of drug-likeness (QED) is 0.852. The number of sulfonamides is 1.